The molecule has 0 unspecified atom stereocenters. The quantitative estimate of drug-likeness (QED) is 0.580. The fraction of sp³-hybridized carbons (Fsp3) is 0.417. The molecule has 0 aliphatic carbocycles. The number of aryl methyl sites for hydroxylation is 1. The molecule has 0 radical (unpaired) electrons. The van der Waals surface area contributed by atoms with E-state index in [1.54, 1.807) is 0 Å². The highest BCUT2D eigenvalue weighted by molar-refractivity contribution is 5.86. The summed E-state index contributed by atoms with van der Waals surface area (Å²) in [4.78, 5) is 0. The summed E-state index contributed by atoms with van der Waals surface area (Å²) in [6.07, 6.45) is 1.95. The molecule has 0 spiro atoms. The lowest BCUT2D eigenvalue weighted by Crippen LogP contribution is -2.33. The average molecular weight is 413 g/mol. The van der Waals surface area contributed by atoms with Gasteiger partial charge in [-0.15, -0.1) is 0 Å². The summed E-state index contributed by atoms with van der Waals surface area (Å²) in [6, 6.07) is 11.4. The van der Waals surface area contributed by atoms with Gasteiger partial charge in [0, 0.05) is 43.1 Å². The first kappa shape index (κ1) is 21.0. The van der Waals surface area contributed by atoms with Crippen molar-refractivity contribution in [2.45, 2.75) is 51.0 Å². The van der Waals surface area contributed by atoms with E-state index >= 15 is 0 Å². The van der Waals surface area contributed by atoms with Crippen LogP contribution in [0.1, 0.15) is 41.2 Å². The highest BCUT2D eigenvalue weighted by Crippen LogP contribution is 2.37. The van der Waals surface area contributed by atoms with Gasteiger partial charge in [-0.05, 0) is 42.2 Å². The van der Waals surface area contributed by atoms with Crippen molar-refractivity contribution in [2.75, 3.05) is 13.2 Å². The van der Waals surface area contributed by atoms with Gasteiger partial charge in [-0.2, -0.15) is 0 Å². The number of ether oxygens (including phenoxy) is 1. The lowest BCUT2D eigenvalue weighted by atomic mass is 9.95. The molecule has 4 rings (SSSR count). The van der Waals surface area contributed by atoms with Gasteiger partial charge in [0.1, 0.15) is 5.82 Å². The minimum Gasteiger partial charge on any atom is -0.396 e. The summed E-state index contributed by atoms with van der Waals surface area (Å²) in [5.41, 5.74) is 4.25. The molecule has 30 heavy (non-hydrogen) atoms. The summed E-state index contributed by atoms with van der Waals surface area (Å²) < 4.78 is 22.9. The van der Waals surface area contributed by atoms with Gasteiger partial charge in [-0.1, -0.05) is 24.3 Å². The monoisotopic (exact) mass is 413 g/mol. The highest BCUT2D eigenvalue weighted by Gasteiger charge is 2.31. The number of rotatable bonds is 6. The molecule has 6 heteroatoms. The van der Waals surface area contributed by atoms with E-state index in [0.717, 1.165) is 27.6 Å². The molecular formula is C24H28FNO4. The van der Waals surface area contributed by atoms with Crippen LogP contribution in [-0.4, -0.2) is 45.3 Å². The van der Waals surface area contributed by atoms with E-state index in [4.69, 9.17) is 9.84 Å². The maximum absolute atomic E-state index is 15.0. The molecule has 5 nitrogen and oxygen atoms in total. The van der Waals surface area contributed by atoms with E-state index in [0.29, 0.717) is 31.3 Å². The number of benzene rings is 2. The number of fused-ring (bicyclic) bond motifs is 1. The van der Waals surface area contributed by atoms with Crippen LogP contribution < -0.4 is 0 Å². The first-order valence-corrected chi connectivity index (χ1v) is 10.4. The molecule has 3 atom stereocenters. The molecule has 0 amide bonds. The number of aliphatic hydroxyl groups excluding tert-OH is 3. The number of nitrogens with zero attached hydrogens (tertiary/aromatic N) is 1. The minimum absolute atomic E-state index is 0.109. The Kier molecular flexibility index (Phi) is 6.20. The summed E-state index contributed by atoms with van der Waals surface area (Å²) in [7, 11) is 0. The van der Waals surface area contributed by atoms with Crippen molar-refractivity contribution in [3.8, 4) is 0 Å². The van der Waals surface area contributed by atoms with Gasteiger partial charge >= 0.3 is 0 Å². The largest absolute Gasteiger partial charge is 0.396 e. The third-order valence-corrected chi connectivity index (χ3v) is 5.81. The van der Waals surface area contributed by atoms with Crippen LogP contribution in [0.4, 0.5) is 4.39 Å². The standard InChI is InChI=1S/C24H28FNO4/c1-15-8-20-21(23-11-18(29)10-19(14-28)30-23)13-26(24(20)22(25)9-15)12-17-4-2-16(3-5-17)6-7-27/h2-5,8-9,13,18-19,23,27-29H,6-7,10-12,14H2,1H3/t18-,19-,23+/m0/s1. The zero-order chi connectivity index (χ0) is 21.3. The Morgan fingerprint density at radius 2 is 1.83 bits per heavy atom. The molecule has 160 valence electrons. The molecule has 1 aromatic heterocycles. The Balaban J connectivity index is 1.73. The van der Waals surface area contributed by atoms with Crippen molar-refractivity contribution in [2.24, 2.45) is 0 Å². The first-order valence-electron chi connectivity index (χ1n) is 10.4. The maximum Gasteiger partial charge on any atom is 0.147 e. The summed E-state index contributed by atoms with van der Waals surface area (Å²) in [5, 5.41) is 29.6. The topological polar surface area (TPSA) is 74.8 Å². The summed E-state index contributed by atoms with van der Waals surface area (Å²) in [5.74, 6) is -0.289. The zero-order valence-electron chi connectivity index (χ0n) is 17.1. The Bertz CT molecular complexity index is 1010. The van der Waals surface area contributed by atoms with Gasteiger partial charge in [0.2, 0.25) is 0 Å². The molecule has 1 fully saturated rings. The van der Waals surface area contributed by atoms with Gasteiger partial charge < -0.3 is 24.6 Å². The lowest BCUT2D eigenvalue weighted by Gasteiger charge is -2.32. The number of aromatic nitrogens is 1. The lowest BCUT2D eigenvalue weighted by molar-refractivity contribution is -0.113. The van der Waals surface area contributed by atoms with Crippen molar-refractivity contribution in [1.29, 1.82) is 0 Å². The zero-order valence-corrected chi connectivity index (χ0v) is 17.1. The van der Waals surface area contributed by atoms with Crippen LogP contribution in [0.5, 0.6) is 0 Å². The molecule has 1 aliphatic heterocycles. The van der Waals surface area contributed by atoms with E-state index in [1.165, 1.54) is 6.07 Å². The van der Waals surface area contributed by atoms with Crippen LogP contribution in [0.2, 0.25) is 0 Å². The third kappa shape index (κ3) is 4.27. The van der Waals surface area contributed by atoms with E-state index < -0.39 is 18.3 Å². The number of hydrogen-bond donors (Lipinski definition) is 3. The fourth-order valence-corrected chi connectivity index (χ4v) is 4.38. The second kappa shape index (κ2) is 8.86. The van der Waals surface area contributed by atoms with E-state index in [1.807, 2.05) is 48.0 Å². The molecule has 0 saturated carbocycles. The van der Waals surface area contributed by atoms with E-state index in [-0.39, 0.29) is 19.0 Å². The maximum atomic E-state index is 15.0. The van der Waals surface area contributed by atoms with Crippen LogP contribution in [0.25, 0.3) is 10.9 Å². The number of aliphatic hydroxyl groups is 3. The molecule has 3 N–H and O–H groups in total. The molecule has 2 heterocycles. The Morgan fingerprint density at radius 3 is 2.53 bits per heavy atom. The first-order chi connectivity index (χ1) is 14.5. The molecule has 1 aliphatic rings. The third-order valence-electron chi connectivity index (χ3n) is 5.81. The predicted octanol–water partition coefficient (Wildman–Crippen LogP) is 3.25. The van der Waals surface area contributed by atoms with Crippen molar-refractivity contribution < 1.29 is 24.4 Å². The smallest absolute Gasteiger partial charge is 0.147 e. The van der Waals surface area contributed by atoms with Gasteiger partial charge in [-0.3, -0.25) is 0 Å². The van der Waals surface area contributed by atoms with Crippen molar-refractivity contribution in [3.05, 3.63) is 70.7 Å². The highest BCUT2D eigenvalue weighted by atomic mass is 19.1. The number of hydrogen-bond acceptors (Lipinski definition) is 4. The second-order valence-corrected chi connectivity index (χ2v) is 8.20. The Labute approximate surface area is 175 Å². The predicted molar refractivity (Wildman–Crippen MR) is 113 cm³/mol. The van der Waals surface area contributed by atoms with Crippen LogP contribution in [0.3, 0.4) is 0 Å². The molecular weight excluding hydrogens is 385 g/mol. The molecule has 1 saturated heterocycles. The van der Waals surface area contributed by atoms with Gasteiger partial charge in [0.15, 0.2) is 0 Å². The Hall–Kier alpha value is -2.25. The Morgan fingerprint density at radius 1 is 1.10 bits per heavy atom. The minimum atomic E-state index is -0.562. The molecule has 0 bridgehead atoms. The van der Waals surface area contributed by atoms with Crippen LogP contribution >= 0.6 is 0 Å². The SMILES string of the molecule is Cc1cc(F)c2c(c1)c([C@H]1C[C@@H](O)C[C@@H](CO)O1)cn2Cc1ccc(CCO)cc1. The van der Waals surface area contributed by atoms with Crippen molar-refractivity contribution in [1.82, 2.24) is 4.57 Å². The van der Waals surface area contributed by atoms with Gasteiger partial charge in [0.25, 0.3) is 0 Å². The van der Waals surface area contributed by atoms with Crippen molar-refractivity contribution >= 4 is 10.9 Å². The number of halogens is 1. The fourth-order valence-electron chi connectivity index (χ4n) is 4.38. The van der Waals surface area contributed by atoms with E-state index in [2.05, 4.69) is 0 Å². The van der Waals surface area contributed by atoms with Crippen LogP contribution in [-0.2, 0) is 17.7 Å². The molecule has 2 aromatic carbocycles. The summed E-state index contributed by atoms with van der Waals surface area (Å²) >= 11 is 0. The van der Waals surface area contributed by atoms with Crippen LogP contribution in [0, 0.1) is 12.7 Å². The summed E-state index contributed by atoms with van der Waals surface area (Å²) in [6.45, 7) is 2.31. The average Bonchev–Trinajstić information content (AvgIpc) is 3.07. The van der Waals surface area contributed by atoms with Gasteiger partial charge in [-0.25, -0.2) is 4.39 Å². The normalized spacial score (nSPS) is 22.0. The van der Waals surface area contributed by atoms with Crippen molar-refractivity contribution in [3.63, 3.8) is 0 Å². The molecule has 3 aromatic rings. The van der Waals surface area contributed by atoms with E-state index in [9.17, 15) is 14.6 Å². The van der Waals surface area contributed by atoms with Gasteiger partial charge in [0.05, 0.1) is 30.4 Å². The second-order valence-electron chi connectivity index (χ2n) is 8.20. The van der Waals surface area contributed by atoms with Crippen LogP contribution in [0.15, 0.2) is 42.6 Å².